The van der Waals surface area contributed by atoms with Crippen LogP contribution in [0.4, 0.5) is 5.69 Å². The molecule has 0 aliphatic carbocycles. The Morgan fingerprint density at radius 2 is 2.25 bits per heavy atom. The number of methoxy groups -OCH3 is 1. The second kappa shape index (κ2) is 5.39. The van der Waals surface area contributed by atoms with Gasteiger partial charge in [0.1, 0.15) is 11.8 Å². The van der Waals surface area contributed by atoms with Crippen LogP contribution in [0.1, 0.15) is 18.9 Å². The van der Waals surface area contributed by atoms with Crippen molar-refractivity contribution in [3.63, 3.8) is 0 Å². The van der Waals surface area contributed by atoms with Crippen molar-refractivity contribution in [3.8, 4) is 5.75 Å². The number of primary amides is 1. The number of hydrogen-bond acceptors (Lipinski definition) is 3. The van der Waals surface area contributed by atoms with Gasteiger partial charge in [0.15, 0.2) is 0 Å². The van der Waals surface area contributed by atoms with Crippen LogP contribution in [0.15, 0.2) is 18.2 Å². The van der Waals surface area contributed by atoms with E-state index in [9.17, 15) is 4.79 Å². The number of aryl methyl sites for hydroxylation is 1. The lowest BCUT2D eigenvalue weighted by molar-refractivity contribution is -0.118. The van der Waals surface area contributed by atoms with Gasteiger partial charge in [0.2, 0.25) is 5.91 Å². The minimum absolute atomic E-state index is 0.356. The quantitative estimate of drug-likeness (QED) is 0.796. The van der Waals surface area contributed by atoms with Gasteiger partial charge in [-0.05, 0) is 31.0 Å². The molecule has 4 heteroatoms. The molecule has 4 nitrogen and oxygen atoms in total. The molecule has 0 bridgehead atoms. The Labute approximate surface area is 95.8 Å². The second-order valence-electron chi connectivity index (χ2n) is 3.71. The Hall–Kier alpha value is -1.71. The lowest BCUT2D eigenvalue weighted by Gasteiger charge is -2.17. The second-order valence-corrected chi connectivity index (χ2v) is 3.71. The van der Waals surface area contributed by atoms with Crippen LogP contribution in [0.25, 0.3) is 0 Å². The van der Waals surface area contributed by atoms with Crippen molar-refractivity contribution in [1.82, 2.24) is 0 Å². The van der Waals surface area contributed by atoms with E-state index in [1.54, 1.807) is 7.11 Å². The smallest absolute Gasteiger partial charge is 0.239 e. The van der Waals surface area contributed by atoms with Gasteiger partial charge < -0.3 is 15.8 Å². The standard InChI is InChI=1S/C12H18N2O2/c1-4-9(12(13)15)14-10-7-8(2)5-6-11(10)16-3/h5-7,9,14H,4H2,1-3H3,(H2,13,15). The summed E-state index contributed by atoms with van der Waals surface area (Å²) in [5.41, 5.74) is 7.18. The molecule has 0 heterocycles. The first kappa shape index (κ1) is 12.4. The lowest BCUT2D eigenvalue weighted by atomic mass is 10.1. The Morgan fingerprint density at radius 3 is 2.75 bits per heavy atom. The van der Waals surface area contributed by atoms with Crippen LogP contribution in [0.2, 0.25) is 0 Å². The van der Waals surface area contributed by atoms with E-state index in [-0.39, 0.29) is 11.9 Å². The molecule has 16 heavy (non-hydrogen) atoms. The number of ether oxygens (including phenoxy) is 1. The molecule has 1 rings (SSSR count). The van der Waals surface area contributed by atoms with Gasteiger partial charge in [-0.15, -0.1) is 0 Å². The SMILES string of the molecule is CCC(Nc1cc(C)ccc1OC)C(N)=O. The zero-order valence-corrected chi connectivity index (χ0v) is 9.91. The highest BCUT2D eigenvalue weighted by atomic mass is 16.5. The summed E-state index contributed by atoms with van der Waals surface area (Å²) in [6.07, 6.45) is 0.645. The topological polar surface area (TPSA) is 64.3 Å². The Bertz CT molecular complexity index is 377. The van der Waals surface area contributed by atoms with Crippen molar-refractivity contribution in [2.24, 2.45) is 5.73 Å². The maximum Gasteiger partial charge on any atom is 0.239 e. The molecule has 0 saturated carbocycles. The number of nitrogens with two attached hydrogens (primary N) is 1. The van der Waals surface area contributed by atoms with Crippen molar-refractivity contribution in [3.05, 3.63) is 23.8 Å². The molecular weight excluding hydrogens is 204 g/mol. The summed E-state index contributed by atoms with van der Waals surface area (Å²) in [4.78, 5) is 11.1. The summed E-state index contributed by atoms with van der Waals surface area (Å²) in [6, 6.07) is 5.39. The highest BCUT2D eigenvalue weighted by molar-refractivity contribution is 5.83. The maximum absolute atomic E-state index is 11.1. The molecule has 0 aromatic heterocycles. The van der Waals surface area contributed by atoms with Crippen LogP contribution in [-0.2, 0) is 4.79 Å². The van der Waals surface area contributed by atoms with Crippen LogP contribution in [0, 0.1) is 6.92 Å². The number of hydrogen-bond donors (Lipinski definition) is 2. The van der Waals surface area contributed by atoms with Crippen molar-refractivity contribution in [1.29, 1.82) is 0 Å². The molecule has 0 saturated heterocycles. The monoisotopic (exact) mass is 222 g/mol. The fourth-order valence-electron chi connectivity index (χ4n) is 1.50. The summed E-state index contributed by atoms with van der Waals surface area (Å²) in [7, 11) is 1.60. The van der Waals surface area contributed by atoms with E-state index in [2.05, 4.69) is 5.32 Å². The first-order chi connectivity index (χ1) is 7.58. The van der Waals surface area contributed by atoms with Gasteiger partial charge in [-0.25, -0.2) is 0 Å². The molecule has 0 radical (unpaired) electrons. The summed E-state index contributed by atoms with van der Waals surface area (Å²) < 4.78 is 5.21. The molecule has 3 N–H and O–H groups in total. The Kier molecular flexibility index (Phi) is 4.17. The van der Waals surface area contributed by atoms with E-state index in [0.717, 1.165) is 11.3 Å². The molecule has 1 amide bonds. The molecule has 0 aliphatic heterocycles. The van der Waals surface area contributed by atoms with E-state index in [4.69, 9.17) is 10.5 Å². The molecule has 0 aliphatic rings. The third-order valence-corrected chi connectivity index (χ3v) is 2.44. The van der Waals surface area contributed by atoms with E-state index in [1.165, 1.54) is 0 Å². The summed E-state index contributed by atoms with van der Waals surface area (Å²) in [6.45, 7) is 3.89. The molecule has 1 aromatic carbocycles. The molecule has 0 spiro atoms. The first-order valence-electron chi connectivity index (χ1n) is 5.29. The first-order valence-corrected chi connectivity index (χ1v) is 5.29. The number of amides is 1. The summed E-state index contributed by atoms with van der Waals surface area (Å²) in [5, 5.41) is 3.09. The highest BCUT2D eigenvalue weighted by Crippen LogP contribution is 2.26. The fraction of sp³-hybridized carbons (Fsp3) is 0.417. The zero-order chi connectivity index (χ0) is 12.1. The maximum atomic E-state index is 11.1. The number of carbonyl (C=O) groups is 1. The third-order valence-electron chi connectivity index (χ3n) is 2.44. The molecule has 0 fully saturated rings. The van der Waals surface area contributed by atoms with Crippen molar-refractivity contribution >= 4 is 11.6 Å². The van der Waals surface area contributed by atoms with E-state index >= 15 is 0 Å². The van der Waals surface area contributed by atoms with Gasteiger partial charge in [0, 0.05) is 0 Å². The molecule has 1 unspecified atom stereocenters. The number of rotatable bonds is 5. The van der Waals surface area contributed by atoms with E-state index in [0.29, 0.717) is 12.2 Å². The van der Waals surface area contributed by atoms with Crippen LogP contribution < -0.4 is 15.8 Å². The molecular formula is C12H18N2O2. The number of nitrogens with one attached hydrogen (secondary N) is 1. The van der Waals surface area contributed by atoms with Gasteiger partial charge in [-0.2, -0.15) is 0 Å². The predicted molar refractivity (Wildman–Crippen MR) is 64.6 cm³/mol. The van der Waals surface area contributed by atoms with Crippen LogP contribution in [0.5, 0.6) is 5.75 Å². The van der Waals surface area contributed by atoms with Gasteiger partial charge >= 0.3 is 0 Å². The molecule has 1 aromatic rings. The van der Waals surface area contributed by atoms with Crippen LogP contribution in [0.3, 0.4) is 0 Å². The van der Waals surface area contributed by atoms with Gasteiger partial charge in [0.25, 0.3) is 0 Å². The van der Waals surface area contributed by atoms with Crippen LogP contribution in [-0.4, -0.2) is 19.1 Å². The minimum Gasteiger partial charge on any atom is -0.495 e. The minimum atomic E-state index is -0.365. The fourth-order valence-corrected chi connectivity index (χ4v) is 1.50. The highest BCUT2D eigenvalue weighted by Gasteiger charge is 2.14. The zero-order valence-electron chi connectivity index (χ0n) is 9.91. The van der Waals surface area contributed by atoms with Gasteiger partial charge in [-0.1, -0.05) is 13.0 Å². The normalized spacial score (nSPS) is 11.9. The van der Waals surface area contributed by atoms with E-state index in [1.807, 2.05) is 32.0 Å². The number of carbonyl (C=O) groups excluding carboxylic acids is 1. The van der Waals surface area contributed by atoms with Crippen molar-refractivity contribution < 1.29 is 9.53 Å². The predicted octanol–water partition coefficient (Wildman–Crippen LogP) is 1.68. The van der Waals surface area contributed by atoms with Gasteiger partial charge in [-0.3, -0.25) is 4.79 Å². The van der Waals surface area contributed by atoms with Crippen LogP contribution >= 0.6 is 0 Å². The third kappa shape index (κ3) is 2.89. The molecule has 88 valence electrons. The molecule has 1 atom stereocenters. The van der Waals surface area contributed by atoms with Crippen molar-refractivity contribution in [2.75, 3.05) is 12.4 Å². The largest absolute Gasteiger partial charge is 0.495 e. The van der Waals surface area contributed by atoms with Crippen molar-refractivity contribution in [2.45, 2.75) is 26.3 Å². The average molecular weight is 222 g/mol. The average Bonchev–Trinajstić information content (AvgIpc) is 2.25. The Morgan fingerprint density at radius 1 is 1.56 bits per heavy atom. The lowest BCUT2D eigenvalue weighted by Crippen LogP contribution is -2.34. The van der Waals surface area contributed by atoms with E-state index < -0.39 is 0 Å². The summed E-state index contributed by atoms with van der Waals surface area (Å²) >= 11 is 0. The van der Waals surface area contributed by atoms with Gasteiger partial charge in [0.05, 0.1) is 12.8 Å². The summed E-state index contributed by atoms with van der Waals surface area (Å²) in [5.74, 6) is 0.358. The number of anilines is 1. The Balaban J connectivity index is 2.93. The number of benzene rings is 1.